The van der Waals surface area contributed by atoms with E-state index < -0.39 is 0 Å². The number of nitrogens with zero attached hydrogens (tertiary/aromatic N) is 3. The molecule has 0 spiro atoms. The first-order valence-electron chi connectivity index (χ1n) is 9.52. The molecule has 1 aliphatic heterocycles. The van der Waals surface area contributed by atoms with Crippen molar-refractivity contribution in [3.63, 3.8) is 0 Å². The molecule has 0 aromatic heterocycles. The predicted octanol–water partition coefficient (Wildman–Crippen LogP) is 3.03. The Morgan fingerprint density at radius 1 is 0.931 bits per heavy atom. The van der Waals surface area contributed by atoms with Gasteiger partial charge in [-0.15, -0.1) is 0 Å². The van der Waals surface area contributed by atoms with E-state index in [-0.39, 0.29) is 6.29 Å². The van der Waals surface area contributed by atoms with E-state index in [2.05, 4.69) is 65.5 Å². The Bertz CT molecular complexity index is 883. The van der Waals surface area contributed by atoms with Crippen LogP contribution in [0.1, 0.15) is 16.7 Å². The van der Waals surface area contributed by atoms with E-state index in [0.717, 1.165) is 24.3 Å². The number of ether oxygens (including phenoxy) is 3. The lowest BCUT2D eigenvalue weighted by atomic mass is 10.1. The maximum atomic E-state index is 5.56. The summed E-state index contributed by atoms with van der Waals surface area (Å²) in [5, 5.41) is 3.47. The summed E-state index contributed by atoms with van der Waals surface area (Å²) in [5.74, 6) is 1.78. The fraction of sp³-hybridized carbons (Fsp3) is 0.409. The highest BCUT2D eigenvalue weighted by atomic mass is 16.5. The van der Waals surface area contributed by atoms with Gasteiger partial charge in [0.1, 0.15) is 0 Å². The molecule has 7 nitrogen and oxygen atoms in total. The normalized spacial score (nSPS) is 15.2. The van der Waals surface area contributed by atoms with E-state index in [1.54, 1.807) is 21.3 Å². The second-order valence-electron chi connectivity index (χ2n) is 7.38. The Labute approximate surface area is 172 Å². The molecule has 1 atom stereocenters. The minimum atomic E-state index is -0.192. The first-order valence-corrected chi connectivity index (χ1v) is 9.52. The quantitative estimate of drug-likeness (QED) is 0.738. The second-order valence-corrected chi connectivity index (χ2v) is 7.38. The summed E-state index contributed by atoms with van der Waals surface area (Å²) in [6.45, 7) is 1.70. The minimum Gasteiger partial charge on any atom is -0.493 e. The Hall–Kier alpha value is -2.77. The average Bonchev–Trinajstić information content (AvgIpc) is 2.71. The summed E-state index contributed by atoms with van der Waals surface area (Å²) in [4.78, 5) is 9.01. The van der Waals surface area contributed by atoms with Gasteiger partial charge in [-0.3, -0.25) is 9.89 Å². The number of methoxy groups -OCH3 is 3. The number of nitrogens with one attached hydrogen (secondary N) is 1. The second kappa shape index (κ2) is 9.15. The molecular weight excluding hydrogens is 368 g/mol. The third-order valence-corrected chi connectivity index (χ3v) is 4.84. The van der Waals surface area contributed by atoms with Gasteiger partial charge in [-0.1, -0.05) is 24.3 Å². The fourth-order valence-corrected chi connectivity index (χ4v) is 3.54. The van der Waals surface area contributed by atoms with Crippen molar-refractivity contribution in [1.82, 2.24) is 9.80 Å². The molecule has 29 heavy (non-hydrogen) atoms. The molecule has 1 unspecified atom stereocenters. The highest BCUT2D eigenvalue weighted by Gasteiger charge is 2.25. The average molecular weight is 399 g/mol. The molecule has 0 aliphatic carbocycles. The lowest BCUT2D eigenvalue weighted by Crippen LogP contribution is -2.38. The van der Waals surface area contributed by atoms with Crippen LogP contribution in [0.5, 0.6) is 17.2 Å². The molecule has 1 aliphatic rings. The van der Waals surface area contributed by atoms with Gasteiger partial charge in [-0.05, 0) is 32.3 Å². The number of aliphatic imine (C=N–C) groups is 1. The van der Waals surface area contributed by atoms with Crippen LogP contribution >= 0.6 is 0 Å². The Morgan fingerprint density at radius 3 is 2.24 bits per heavy atom. The lowest BCUT2D eigenvalue weighted by molar-refractivity contribution is 0.263. The maximum absolute atomic E-state index is 5.56. The summed E-state index contributed by atoms with van der Waals surface area (Å²) in [5.41, 5.74) is 4.29. The molecule has 0 saturated carbocycles. The van der Waals surface area contributed by atoms with Crippen LogP contribution in [0.3, 0.4) is 0 Å². The van der Waals surface area contributed by atoms with Gasteiger partial charge < -0.3 is 24.4 Å². The van der Waals surface area contributed by atoms with Crippen LogP contribution < -0.4 is 19.5 Å². The number of rotatable bonds is 8. The van der Waals surface area contributed by atoms with Crippen molar-refractivity contribution in [2.45, 2.75) is 19.4 Å². The Kier molecular flexibility index (Phi) is 6.61. The van der Waals surface area contributed by atoms with Gasteiger partial charge in [0.05, 0.1) is 32.6 Å². The lowest BCUT2D eigenvalue weighted by Gasteiger charge is -2.31. The number of benzene rings is 2. The van der Waals surface area contributed by atoms with Crippen molar-refractivity contribution in [2.75, 3.05) is 47.8 Å². The van der Waals surface area contributed by atoms with E-state index in [0.29, 0.717) is 17.2 Å². The van der Waals surface area contributed by atoms with Gasteiger partial charge in [0.25, 0.3) is 0 Å². The maximum Gasteiger partial charge on any atom is 0.204 e. The van der Waals surface area contributed by atoms with E-state index in [4.69, 9.17) is 14.2 Å². The van der Waals surface area contributed by atoms with Gasteiger partial charge in [-0.2, -0.15) is 0 Å². The molecule has 0 radical (unpaired) electrons. The summed E-state index contributed by atoms with van der Waals surface area (Å²) in [7, 11) is 11.0. The van der Waals surface area contributed by atoms with Crippen LogP contribution in [-0.2, 0) is 13.1 Å². The van der Waals surface area contributed by atoms with Crippen LogP contribution in [0.4, 0.5) is 5.69 Å². The molecule has 0 saturated heterocycles. The van der Waals surface area contributed by atoms with Crippen LogP contribution in [0, 0.1) is 0 Å². The zero-order chi connectivity index (χ0) is 21.0. The monoisotopic (exact) mass is 398 g/mol. The number of anilines is 1. The van der Waals surface area contributed by atoms with Crippen molar-refractivity contribution in [3.8, 4) is 17.2 Å². The molecule has 3 rings (SSSR count). The smallest absolute Gasteiger partial charge is 0.204 e. The minimum absolute atomic E-state index is 0.192. The topological polar surface area (TPSA) is 58.6 Å². The van der Waals surface area contributed by atoms with E-state index in [1.165, 1.54) is 11.1 Å². The highest BCUT2D eigenvalue weighted by Crippen LogP contribution is 2.44. The molecule has 2 aromatic carbocycles. The van der Waals surface area contributed by atoms with Crippen LogP contribution in [0.2, 0.25) is 0 Å². The van der Waals surface area contributed by atoms with Crippen LogP contribution in [0.15, 0.2) is 35.3 Å². The molecule has 0 amide bonds. The summed E-state index contributed by atoms with van der Waals surface area (Å²) < 4.78 is 16.5. The van der Waals surface area contributed by atoms with E-state index >= 15 is 0 Å². The van der Waals surface area contributed by atoms with Crippen LogP contribution in [-0.4, -0.2) is 64.8 Å². The molecule has 156 valence electrons. The molecule has 0 fully saturated rings. The SMILES string of the molecule is COc1cc2c(c(OC)c1OC)C=NC(N(C)Cc1cccc(CN(C)C)c1)N2. The fourth-order valence-electron chi connectivity index (χ4n) is 3.54. The number of hydrogen-bond acceptors (Lipinski definition) is 7. The summed E-state index contributed by atoms with van der Waals surface area (Å²) in [6.07, 6.45) is 1.64. The summed E-state index contributed by atoms with van der Waals surface area (Å²) >= 11 is 0. The van der Waals surface area contributed by atoms with Crippen molar-refractivity contribution in [3.05, 3.63) is 47.0 Å². The molecule has 7 heteroatoms. The number of fused-ring (bicyclic) bond motifs is 1. The van der Waals surface area contributed by atoms with Crippen molar-refractivity contribution in [2.24, 2.45) is 4.99 Å². The van der Waals surface area contributed by atoms with Gasteiger partial charge >= 0.3 is 0 Å². The van der Waals surface area contributed by atoms with Gasteiger partial charge in [0, 0.05) is 25.4 Å². The van der Waals surface area contributed by atoms with Gasteiger partial charge in [-0.25, -0.2) is 0 Å². The predicted molar refractivity (Wildman–Crippen MR) is 116 cm³/mol. The molecule has 1 N–H and O–H groups in total. The van der Waals surface area contributed by atoms with E-state index in [9.17, 15) is 0 Å². The van der Waals surface area contributed by atoms with Crippen molar-refractivity contribution >= 4 is 11.9 Å². The van der Waals surface area contributed by atoms with Gasteiger partial charge in [0.2, 0.25) is 5.75 Å². The zero-order valence-corrected chi connectivity index (χ0v) is 18.0. The molecule has 0 bridgehead atoms. The Balaban J connectivity index is 1.79. The highest BCUT2D eigenvalue weighted by molar-refractivity contribution is 5.95. The van der Waals surface area contributed by atoms with Gasteiger partial charge in [0.15, 0.2) is 17.8 Å². The molecule has 2 aromatic rings. The molecule has 1 heterocycles. The standard InChI is InChI=1S/C22H30N4O3/c1-25(2)13-15-8-7-9-16(10-15)14-26(3)22-23-12-17-18(24-22)11-19(27-4)21(29-6)20(17)28-5/h7-12,22,24H,13-14H2,1-6H3. The van der Waals surface area contributed by atoms with Crippen molar-refractivity contribution in [1.29, 1.82) is 0 Å². The first kappa shape index (κ1) is 21.0. The van der Waals surface area contributed by atoms with Crippen molar-refractivity contribution < 1.29 is 14.2 Å². The summed E-state index contributed by atoms with van der Waals surface area (Å²) in [6, 6.07) is 10.6. The third kappa shape index (κ3) is 4.63. The van der Waals surface area contributed by atoms with E-state index in [1.807, 2.05) is 12.3 Å². The zero-order valence-electron chi connectivity index (χ0n) is 18.0. The Morgan fingerprint density at radius 2 is 1.62 bits per heavy atom. The molecular formula is C22H30N4O3. The largest absolute Gasteiger partial charge is 0.493 e. The first-order chi connectivity index (χ1) is 14.0. The third-order valence-electron chi connectivity index (χ3n) is 4.84. The number of hydrogen-bond donors (Lipinski definition) is 1. The van der Waals surface area contributed by atoms with Crippen LogP contribution in [0.25, 0.3) is 0 Å².